The minimum Gasteiger partial charge on any atom is -0.508 e. The normalized spacial score (nSPS) is 15.0. The Morgan fingerprint density at radius 3 is 2.06 bits per heavy atom. The van der Waals surface area contributed by atoms with Crippen LogP contribution in [0.2, 0.25) is 0 Å². The van der Waals surface area contributed by atoms with Crippen molar-refractivity contribution in [3.05, 3.63) is 59.7 Å². The number of Topliss-reactive ketones (excluding diaryl/α,β-unsaturated/α-hetero) is 1. The lowest BCUT2D eigenvalue weighted by Gasteiger charge is -2.46. The van der Waals surface area contributed by atoms with Gasteiger partial charge >= 0.3 is 15.2 Å². The van der Waals surface area contributed by atoms with Gasteiger partial charge in [-0.15, -0.1) is 0 Å². The second-order valence-corrected chi connectivity index (χ2v) is 15.5. The Morgan fingerprint density at radius 1 is 0.837 bits per heavy atom. The smallest absolute Gasteiger partial charge is 0.342 e. The molecule has 7 N–H and O–H groups in total. The second kappa shape index (κ2) is 21.2. The van der Waals surface area contributed by atoms with Gasteiger partial charge in [0.1, 0.15) is 29.4 Å². The van der Waals surface area contributed by atoms with Crippen LogP contribution in [0.25, 0.3) is 0 Å². The van der Waals surface area contributed by atoms with Crippen LogP contribution >= 0.6 is 15.2 Å². The first kappa shape index (κ1) is 43.0. The number of aromatic hydroxyl groups is 2. The van der Waals surface area contributed by atoms with Gasteiger partial charge in [-0.2, -0.15) is 0 Å². The summed E-state index contributed by atoms with van der Waals surface area (Å²) < 4.78 is 35.8. The first-order chi connectivity index (χ1) is 23.1. The molecule has 0 aromatic heterocycles. The number of rotatable bonds is 25. The van der Waals surface area contributed by atoms with Crippen molar-refractivity contribution >= 4 is 21.0 Å². The van der Waals surface area contributed by atoms with Crippen LogP contribution in [0, 0.1) is 0 Å². The molecule has 4 unspecified atom stereocenters. The van der Waals surface area contributed by atoms with E-state index in [2.05, 4.69) is 0 Å². The SMILES string of the molecule is CCC(N(Cc1ccccc1O)C(CO)C(CCCCCC(=O)CCOCCOC)N(CP(=O)(O)O)C(C)c1ccccc1O)P(=O)(O)O. The molecule has 14 nitrogen and oxygen atoms in total. The molecule has 0 aliphatic carbocycles. The molecule has 278 valence electrons. The van der Waals surface area contributed by atoms with E-state index in [1.54, 1.807) is 57.4 Å². The fourth-order valence-electron chi connectivity index (χ4n) is 6.13. The number of aliphatic hydroxyl groups excluding tert-OH is 1. The van der Waals surface area contributed by atoms with Crippen molar-refractivity contribution in [2.75, 3.05) is 39.8 Å². The van der Waals surface area contributed by atoms with Gasteiger partial charge < -0.3 is 44.4 Å². The number of methoxy groups -OCH3 is 1. The van der Waals surface area contributed by atoms with Gasteiger partial charge in [0.05, 0.1) is 26.4 Å². The van der Waals surface area contributed by atoms with Crippen LogP contribution in [-0.2, 0) is 29.9 Å². The minimum absolute atomic E-state index is 0.0276. The zero-order chi connectivity index (χ0) is 36.6. The summed E-state index contributed by atoms with van der Waals surface area (Å²) in [5, 5.41) is 32.3. The summed E-state index contributed by atoms with van der Waals surface area (Å²) in [5.41, 5.74) is 0.705. The first-order valence-electron chi connectivity index (χ1n) is 16.5. The molecule has 0 amide bonds. The number of phenols is 2. The average Bonchev–Trinajstić information content (AvgIpc) is 3.03. The van der Waals surface area contributed by atoms with Crippen LogP contribution in [0.4, 0.5) is 0 Å². The summed E-state index contributed by atoms with van der Waals surface area (Å²) in [4.78, 5) is 56.8. The zero-order valence-corrected chi connectivity index (χ0v) is 30.4. The molecule has 0 aliphatic heterocycles. The summed E-state index contributed by atoms with van der Waals surface area (Å²) in [7, 11) is -8.06. The largest absolute Gasteiger partial charge is 0.508 e. The highest BCUT2D eigenvalue weighted by Crippen LogP contribution is 2.48. The van der Waals surface area contributed by atoms with E-state index < -0.39 is 52.0 Å². The summed E-state index contributed by atoms with van der Waals surface area (Å²) in [6.07, 6.45) is 1.49. The van der Waals surface area contributed by atoms with Crippen molar-refractivity contribution in [3.8, 4) is 11.5 Å². The number of para-hydroxylation sites is 2. The number of nitrogens with zero attached hydrogens (tertiary/aromatic N) is 2. The highest BCUT2D eigenvalue weighted by Gasteiger charge is 2.43. The van der Waals surface area contributed by atoms with E-state index in [0.717, 1.165) is 0 Å². The van der Waals surface area contributed by atoms with Gasteiger partial charge in [-0.3, -0.25) is 23.7 Å². The fourth-order valence-corrected chi connectivity index (χ4v) is 8.13. The maximum atomic E-state index is 12.9. The molecule has 0 saturated heterocycles. The zero-order valence-electron chi connectivity index (χ0n) is 28.6. The van der Waals surface area contributed by atoms with E-state index in [-0.39, 0.29) is 49.7 Å². The molecule has 2 aromatic rings. The Labute approximate surface area is 289 Å². The predicted molar refractivity (Wildman–Crippen MR) is 185 cm³/mol. The van der Waals surface area contributed by atoms with Crippen molar-refractivity contribution in [2.24, 2.45) is 0 Å². The van der Waals surface area contributed by atoms with E-state index in [1.807, 2.05) is 0 Å². The van der Waals surface area contributed by atoms with Crippen LogP contribution in [0.1, 0.15) is 76.0 Å². The molecule has 0 radical (unpaired) electrons. The summed E-state index contributed by atoms with van der Waals surface area (Å²) in [6, 6.07) is 9.82. The highest BCUT2D eigenvalue weighted by atomic mass is 31.2. The maximum Gasteiger partial charge on any atom is 0.342 e. The number of aliphatic hydroxyl groups is 1. The van der Waals surface area contributed by atoms with E-state index in [1.165, 1.54) is 21.9 Å². The van der Waals surface area contributed by atoms with Crippen molar-refractivity contribution in [3.63, 3.8) is 0 Å². The van der Waals surface area contributed by atoms with Gasteiger partial charge in [-0.1, -0.05) is 56.2 Å². The van der Waals surface area contributed by atoms with Crippen molar-refractivity contribution in [2.45, 2.75) is 89.2 Å². The predicted octanol–water partition coefficient (Wildman–Crippen LogP) is 4.31. The molecular weight excluding hydrogens is 678 g/mol. The van der Waals surface area contributed by atoms with E-state index >= 15 is 0 Å². The van der Waals surface area contributed by atoms with Gasteiger partial charge in [0.15, 0.2) is 0 Å². The van der Waals surface area contributed by atoms with Gasteiger partial charge in [-0.05, 0) is 38.3 Å². The Bertz CT molecular complexity index is 1370. The number of hydrogen-bond donors (Lipinski definition) is 7. The number of ether oxygens (including phenoxy) is 2. The number of benzene rings is 2. The van der Waals surface area contributed by atoms with Crippen molar-refractivity contribution < 1.29 is 58.3 Å². The van der Waals surface area contributed by atoms with Gasteiger partial charge in [0.25, 0.3) is 0 Å². The Kier molecular flexibility index (Phi) is 18.6. The molecule has 16 heteroatoms. The van der Waals surface area contributed by atoms with Gasteiger partial charge in [0, 0.05) is 55.7 Å². The molecule has 4 atom stereocenters. The molecule has 49 heavy (non-hydrogen) atoms. The number of carbonyl (C=O) groups is 1. The van der Waals surface area contributed by atoms with Crippen LogP contribution in [0.3, 0.4) is 0 Å². The number of ketones is 1. The standard InChI is InChI=1S/C33H54N2O12P2/c1-4-33(49(43,44)45)34(22-26-12-8-10-16-31(26)38)30(23-36)29(15-7-5-6-13-27(37)18-19-47-21-20-46-3)35(24-48(40,41)42)25(2)28-14-9-11-17-32(28)39/h8-12,14,16-17,25,29-30,33,36,38-39H,4-7,13,15,18-24H2,1-3H3,(H2,40,41,42)(H2,43,44,45). The van der Waals surface area contributed by atoms with E-state index in [4.69, 9.17) is 9.47 Å². The lowest BCUT2D eigenvalue weighted by molar-refractivity contribution is -0.120. The monoisotopic (exact) mass is 732 g/mol. The molecule has 0 heterocycles. The molecule has 0 spiro atoms. The minimum atomic E-state index is -4.85. The Balaban J connectivity index is 2.52. The third-order valence-electron chi connectivity index (χ3n) is 8.61. The van der Waals surface area contributed by atoms with Crippen molar-refractivity contribution in [1.82, 2.24) is 9.80 Å². The summed E-state index contributed by atoms with van der Waals surface area (Å²) in [5.74, 6) is -1.61. The average molecular weight is 733 g/mol. The molecule has 0 fully saturated rings. The fraction of sp³-hybridized carbons (Fsp3) is 0.606. The lowest BCUT2D eigenvalue weighted by atomic mass is 9.94. The number of unbranched alkanes of at least 4 members (excludes halogenated alkanes) is 2. The Hall–Kier alpha value is -2.19. The quantitative estimate of drug-likeness (QED) is 0.0559. The molecular formula is C33H54N2O12P2. The van der Waals surface area contributed by atoms with Gasteiger partial charge in [0.2, 0.25) is 0 Å². The topological polar surface area (TPSA) is 218 Å². The molecule has 0 saturated carbocycles. The van der Waals surface area contributed by atoms with E-state index in [9.17, 15) is 48.8 Å². The lowest BCUT2D eigenvalue weighted by Crippen LogP contribution is -2.56. The van der Waals surface area contributed by atoms with Crippen LogP contribution in [0.15, 0.2) is 48.5 Å². The third kappa shape index (κ3) is 14.5. The molecule has 2 aromatic carbocycles. The number of carbonyl (C=O) groups excluding carboxylic acids is 1. The van der Waals surface area contributed by atoms with Crippen LogP contribution in [0.5, 0.6) is 11.5 Å². The third-order valence-corrected chi connectivity index (χ3v) is 10.7. The van der Waals surface area contributed by atoms with Gasteiger partial charge in [-0.25, -0.2) is 0 Å². The molecule has 0 aliphatic rings. The first-order valence-corrected chi connectivity index (χ1v) is 20.0. The number of hydrogen-bond acceptors (Lipinski definition) is 10. The molecule has 0 bridgehead atoms. The van der Waals surface area contributed by atoms with E-state index in [0.29, 0.717) is 50.0 Å². The van der Waals surface area contributed by atoms with Crippen molar-refractivity contribution in [1.29, 1.82) is 0 Å². The summed E-state index contributed by atoms with van der Waals surface area (Å²) >= 11 is 0. The molecule has 2 rings (SSSR count). The maximum absolute atomic E-state index is 12.9. The highest BCUT2D eigenvalue weighted by molar-refractivity contribution is 7.52. The second-order valence-electron chi connectivity index (χ2n) is 12.1. The number of phenolic OH excluding ortho intramolecular Hbond substituents is 2. The van der Waals surface area contributed by atoms with Crippen LogP contribution in [-0.4, -0.2) is 108 Å². The summed E-state index contributed by atoms with van der Waals surface area (Å²) in [6.45, 7) is 3.52. The van der Waals surface area contributed by atoms with Crippen LogP contribution < -0.4 is 0 Å². The Morgan fingerprint density at radius 2 is 1.49 bits per heavy atom.